The molecule has 0 aromatic heterocycles. The Balaban J connectivity index is 2.63. The zero-order valence-electron chi connectivity index (χ0n) is 12.3. The number of sulfonamides is 1. The van der Waals surface area contributed by atoms with Crippen molar-refractivity contribution in [3.63, 3.8) is 0 Å². The normalized spacial score (nSPS) is 13.2. The molecule has 1 aromatic rings. The van der Waals surface area contributed by atoms with Gasteiger partial charge in [0.05, 0.1) is 11.0 Å². The molecular formula is C14H24N2O3S. The average molecular weight is 300 g/mol. The number of hydrogen-bond donors (Lipinski definition) is 2. The second-order valence-electron chi connectivity index (χ2n) is 4.57. The summed E-state index contributed by atoms with van der Waals surface area (Å²) in [5.41, 5.74) is 0.925. The summed E-state index contributed by atoms with van der Waals surface area (Å²) in [6.45, 7) is 7.51. The van der Waals surface area contributed by atoms with Crippen LogP contribution >= 0.6 is 0 Å². The summed E-state index contributed by atoms with van der Waals surface area (Å²) in [5.74, 6) is 0. The first kappa shape index (κ1) is 16.9. The Hall–Kier alpha value is -1.11. The lowest BCUT2D eigenvalue weighted by molar-refractivity contribution is 0.0799. The highest BCUT2D eigenvalue weighted by Crippen LogP contribution is 2.14. The highest BCUT2D eigenvalue weighted by molar-refractivity contribution is 7.89. The van der Waals surface area contributed by atoms with E-state index in [1.807, 2.05) is 13.8 Å². The molecule has 1 unspecified atom stereocenters. The van der Waals surface area contributed by atoms with Crippen LogP contribution in [0.1, 0.15) is 27.2 Å². The molecule has 0 saturated heterocycles. The standard InChI is InChI=1S/C14H24N2O3S/c1-4-10-15-13-6-8-14(9-7-13)20(17,18)16-11-12(3)19-5-2/h6-9,12,15-16H,4-5,10-11H2,1-3H3. The molecule has 1 rings (SSSR count). The lowest BCUT2D eigenvalue weighted by Crippen LogP contribution is -2.32. The minimum Gasteiger partial charge on any atom is -0.385 e. The Morgan fingerprint density at radius 3 is 2.40 bits per heavy atom. The fraction of sp³-hybridized carbons (Fsp3) is 0.571. The maximum absolute atomic E-state index is 12.1. The summed E-state index contributed by atoms with van der Waals surface area (Å²) in [4.78, 5) is 0.267. The fourth-order valence-corrected chi connectivity index (χ4v) is 2.79. The Kier molecular flexibility index (Phi) is 6.98. The Labute approximate surface area is 121 Å². The lowest BCUT2D eigenvalue weighted by atomic mass is 10.3. The number of anilines is 1. The van der Waals surface area contributed by atoms with Crippen molar-refractivity contribution in [1.29, 1.82) is 0 Å². The van der Waals surface area contributed by atoms with E-state index in [1.54, 1.807) is 24.3 Å². The van der Waals surface area contributed by atoms with Gasteiger partial charge in [0, 0.05) is 25.4 Å². The van der Waals surface area contributed by atoms with Crippen molar-refractivity contribution in [1.82, 2.24) is 4.72 Å². The maximum atomic E-state index is 12.1. The summed E-state index contributed by atoms with van der Waals surface area (Å²) in [5, 5.41) is 3.20. The Bertz CT molecular complexity index is 486. The number of ether oxygens (including phenoxy) is 1. The van der Waals surface area contributed by atoms with Gasteiger partial charge in [-0.3, -0.25) is 0 Å². The quantitative estimate of drug-likeness (QED) is 0.734. The molecule has 2 N–H and O–H groups in total. The third-order valence-corrected chi connectivity index (χ3v) is 4.20. The predicted octanol–water partition coefficient (Wildman–Crippen LogP) is 2.21. The van der Waals surface area contributed by atoms with Gasteiger partial charge >= 0.3 is 0 Å². The minimum atomic E-state index is -3.47. The topological polar surface area (TPSA) is 67.4 Å². The van der Waals surface area contributed by atoms with Crippen LogP contribution in [0.5, 0.6) is 0 Å². The SMILES string of the molecule is CCCNc1ccc(S(=O)(=O)NCC(C)OCC)cc1. The second kappa shape index (κ2) is 8.24. The van der Waals surface area contributed by atoms with Crippen molar-refractivity contribution in [3.8, 4) is 0 Å². The number of benzene rings is 1. The van der Waals surface area contributed by atoms with Crippen molar-refractivity contribution in [3.05, 3.63) is 24.3 Å². The molecule has 114 valence electrons. The average Bonchev–Trinajstić information content (AvgIpc) is 2.44. The van der Waals surface area contributed by atoms with E-state index >= 15 is 0 Å². The third kappa shape index (κ3) is 5.48. The van der Waals surface area contributed by atoms with Crippen LogP contribution in [-0.2, 0) is 14.8 Å². The molecule has 1 atom stereocenters. The van der Waals surface area contributed by atoms with E-state index in [9.17, 15) is 8.42 Å². The maximum Gasteiger partial charge on any atom is 0.240 e. The first-order valence-corrected chi connectivity index (χ1v) is 8.43. The molecule has 0 aliphatic rings. The fourth-order valence-electron chi connectivity index (χ4n) is 1.68. The predicted molar refractivity (Wildman–Crippen MR) is 81.5 cm³/mol. The summed E-state index contributed by atoms with van der Waals surface area (Å²) in [7, 11) is -3.47. The van der Waals surface area contributed by atoms with Crippen LogP contribution < -0.4 is 10.0 Å². The van der Waals surface area contributed by atoms with E-state index in [4.69, 9.17) is 4.74 Å². The zero-order chi connectivity index (χ0) is 15.0. The number of nitrogens with one attached hydrogen (secondary N) is 2. The lowest BCUT2D eigenvalue weighted by Gasteiger charge is -2.13. The molecule has 0 aliphatic heterocycles. The van der Waals surface area contributed by atoms with E-state index in [0.717, 1.165) is 18.7 Å². The van der Waals surface area contributed by atoms with E-state index in [1.165, 1.54) is 0 Å². The minimum absolute atomic E-state index is 0.139. The highest BCUT2D eigenvalue weighted by atomic mass is 32.2. The van der Waals surface area contributed by atoms with Crippen molar-refractivity contribution in [2.24, 2.45) is 0 Å². The van der Waals surface area contributed by atoms with E-state index in [2.05, 4.69) is 17.0 Å². The van der Waals surface area contributed by atoms with Crippen LogP contribution in [0.3, 0.4) is 0 Å². The van der Waals surface area contributed by atoms with Crippen molar-refractivity contribution >= 4 is 15.7 Å². The monoisotopic (exact) mass is 300 g/mol. The smallest absolute Gasteiger partial charge is 0.240 e. The molecule has 0 heterocycles. The molecule has 0 bridgehead atoms. The van der Waals surface area contributed by atoms with Gasteiger partial charge in [0.1, 0.15) is 0 Å². The van der Waals surface area contributed by atoms with Crippen LogP contribution in [0, 0.1) is 0 Å². The zero-order valence-corrected chi connectivity index (χ0v) is 13.2. The van der Waals surface area contributed by atoms with Gasteiger partial charge < -0.3 is 10.1 Å². The molecule has 0 saturated carbocycles. The van der Waals surface area contributed by atoms with Crippen molar-refractivity contribution < 1.29 is 13.2 Å². The molecule has 0 aliphatic carbocycles. The first-order valence-electron chi connectivity index (χ1n) is 6.94. The Morgan fingerprint density at radius 2 is 1.85 bits per heavy atom. The molecule has 1 aromatic carbocycles. The molecule has 20 heavy (non-hydrogen) atoms. The number of hydrogen-bond acceptors (Lipinski definition) is 4. The van der Waals surface area contributed by atoms with E-state index in [-0.39, 0.29) is 17.5 Å². The van der Waals surface area contributed by atoms with E-state index in [0.29, 0.717) is 6.61 Å². The highest BCUT2D eigenvalue weighted by Gasteiger charge is 2.14. The Morgan fingerprint density at radius 1 is 1.20 bits per heavy atom. The third-order valence-electron chi connectivity index (χ3n) is 2.76. The molecule has 0 fully saturated rings. The summed E-state index contributed by atoms with van der Waals surface area (Å²) in [6, 6.07) is 6.75. The van der Waals surface area contributed by atoms with Gasteiger partial charge in [-0.1, -0.05) is 6.92 Å². The van der Waals surface area contributed by atoms with Crippen LogP contribution in [0.2, 0.25) is 0 Å². The van der Waals surface area contributed by atoms with Gasteiger partial charge in [0.15, 0.2) is 0 Å². The molecule has 0 amide bonds. The molecule has 6 heteroatoms. The van der Waals surface area contributed by atoms with Crippen LogP contribution in [0.25, 0.3) is 0 Å². The molecule has 0 radical (unpaired) electrons. The van der Waals surface area contributed by atoms with Crippen LogP contribution in [0.4, 0.5) is 5.69 Å². The largest absolute Gasteiger partial charge is 0.385 e. The second-order valence-corrected chi connectivity index (χ2v) is 6.34. The summed E-state index contributed by atoms with van der Waals surface area (Å²) < 4.78 is 32.0. The van der Waals surface area contributed by atoms with Crippen molar-refractivity contribution in [2.45, 2.75) is 38.2 Å². The van der Waals surface area contributed by atoms with Gasteiger partial charge in [0.2, 0.25) is 10.0 Å². The van der Waals surface area contributed by atoms with Crippen LogP contribution in [-0.4, -0.2) is 34.2 Å². The number of rotatable bonds is 9. The summed E-state index contributed by atoms with van der Waals surface area (Å²) >= 11 is 0. The van der Waals surface area contributed by atoms with Gasteiger partial charge in [-0.2, -0.15) is 0 Å². The van der Waals surface area contributed by atoms with Gasteiger partial charge in [0.25, 0.3) is 0 Å². The molecule has 5 nitrogen and oxygen atoms in total. The molecular weight excluding hydrogens is 276 g/mol. The van der Waals surface area contributed by atoms with Gasteiger partial charge in [-0.15, -0.1) is 0 Å². The van der Waals surface area contributed by atoms with E-state index < -0.39 is 10.0 Å². The van der Waals surface area contributed by atoms with Gasteiger partial charge in [-0.25, -0.2) is 13.1 Å². The summed E-state index contributed by atoms with van der Waals surface area (Å²) in [6.07, 6.45) is 0.886. The van der Waals surface area contributed by atoms with Gasteiger partial charge in [-0.05, 0) is 44.5 Å². The molecule has 0 spiro atoms. The van der Waals surface area contributed by atoms with Crippen LogP contribution in [0.15, 0.2) is 29.2 Å². The first-order chi connectivity index (χ1) is 9.49. The van der Waals surface area contributed by atoms with Crippen molar-refractivity contribution in [2.75, 3.05) is 25.0 Å².